The Labute approximate surface area is 173 Å². The van der Waals surface area contributed by atoms with Crippen molar-refractivity contribution in [2.45, 2.75) is 71.1 Å². The summed E-state index contributed by atoms with van der Waals surface area (Å²) in [6.07, 6.45) is 15.2. The first-order chi connectivity index (χ1) is 14.0. The molecule has 5 heteroatoms. The summed E-state index contributed by atoms with van der Waals surface area (Å²) in [6, 6.07) is 6.96. The van der Waals surface area contributed by atoms with Crippen molar-refractivity contribution >= 4 is 23.3 Å². The number of Topliss-reactive ketones (excluding diaryl/α,β-unsaturated/α-hetero) is 1. The molecule has 0 fully saturated rings. The molecule has 5 nitrogen and oxygen atoms in total. The van der Waals surface area contributed by atoms with E-state index in [-0.39, 0.29) is 17.6 Å². The van der Waals surface area contributed by atoms with Crippen LogP contribution in [0.15, 0.2) is 48.2 Å². The Hall–Kier alpha value is -2.69. The minimum absolute atomic E-state index is 0.00307. The number of allylic oxidation sites excluding steroid dienone is 3. The van der Waals surface area contributed by atoms with Gasteiger partial charge >= 0.3 is 0 Å². The van der Waals surface area contributed by atoms with Crippen LogP contribution in [0.4, 0.5) is 5.69 Å². The number of ketones is 1. The molecule has 2 rings (SSSR count). The molecule has 2 amide bonds. The van der Waals surface area contributed by atoms with E-state index in [1.807, 2.05) is 6.08 Å². The van der Waals surface area contributed by atoms with Gasteiger partial charge in [0.05, 0.1) is 0 Å². The molecule has 0 radical (unpaired) electrons. The minimum atomic E-state index is 0.00307. The number of amides is 2. The molecule has 0 spiro atoms. The van der Waals surface area contributed by atoms with Gasteiger partial charge in [0.1, 0.15) is 0 Å². The summed E-state index contributed by atoms with van der Waals surface area (Å²) in [7, 11) is 0. The summed E-state index contributed by atoms with van der Waals surface area (Å²) < 4.78 is 0. The Balaban J connectivity index is 1.46. The fraction of sp³-hybridized carbons (Fsp3) is 0.458. The van der Waals surface area contributed by atoms with Gasteiger partial charge in [0, 0.05) is 29.8 Å². The van der Waals surface area contributed by atoms with Crippen molar-refractivity contribution in [3.05, 3.63) is 53.8 Å². The van der Waals surface area contributed by atoms with Gasteiger partial charge in [-0.05, 0) is 62.9 Å². The van der Waals surface area contributed by atoms with Gasteiger partial charge < -0.3 is 10.6 Å². The monoisotopic (exact) mass is 396 g/mol. The number of carbonyl (C=O) groups is 3. The number of rotatable bonds is 12. The van der Waals surface area contributed by atoms with E-state index in [4.69, 9.17) is 0 Å². The Morgan fingerprint density at radius 3 is 1.93 bits per heavy atom. The van der Waals surface area contributed by atoms with Crippen LogP contribution >= 0.6 is 0 Å². The molecular weight excluding hydrogens is 364 g/mol. The van der Waals surface area contributed by atoms with Gasteiger partial charge in [-0.1, -0.05) is 37.8 Å². The third kappa shape index (κ3) is 9.37. The van der Waals surface area contributed by atoms with Gasteiger partial charge in [0.25, 0.3) is 0 Å². The fourth-order valence-electron chi connectivity index (χ4n) is 3.22. The van der Waals surface area contributed by atoms with Crippen LogP contribution in [0.5, 0.6) is 0 Å². The van der Waals surface area contributed by atoms with E-state index in [1.165, 1.54) is 6.92 Å². The van der Waals surface area contributed by atoms with E-state index >= 15 is 0 Å². The van der Waals surface area contributed by atoms with Gasteiger partial charge in [0.2, 0.25) is 11.8 Å². The highest BCUT2D eigenvalue weighted by atomic mass is 16.2. The molecule has 156 valence electrons. The molecule has 0 aliphatic heterocycles. The van der Waals surface area contributed by atoms with Crippen molar-refractivity contribution in [3.63, 3.8) is 0 Å². The Kier molecular flexibility index (Phi) is 9.90. The van der Waals surface area contributed by atoms with Crippen LogP contribution in [0.3, 0.4) is 0 Å². The molecule has 0 heterocycles. The predicted molar refractivity (Wildman–Crippen MR) is 117 cm³/mol. The van der Waals surface area contributed by atoms with Crippen LogP contribution in [-0.2, 0) is 9.59 Å². The number of carbonyl (C=O) groups excluding carboxylic acids is 3. The second-order valence-corrected chi connectivity index (χ2v) is 7.49. The van der Waals surface area contributed by atoms with Crippen molar-refractivity contribution in [1.29, 1.82) is 0 Å². The van der Waals surface area contributed by atoms with E-state index in [2.05, 4.69) is 22.8 Å². The maximum Gasteiger partial charge on any atom is 0.224 e. The van der Waals surface area contributed by atoms with Crippen LogP contribution in [0.25, 0.3) is 0 Å². The summed E-state index contributed by atoms with van der Waals surface area (Å²) in [5.41, 5.74) is 2.29. The number of benzene rings is 1. The second-order valence-electron chi connectivity index (χ2n) is 7.49. The normalized spacial score (nSPS) is 12.9. The zero-order valence-electron chi connectivity index (χ0n) is 17.3. The quantitative estimate of drug-likeness (QED) is 0.372. The van der Waals surface area contributed by atoms with E-state index in [1.54, 1.807) is 24.3 Å². The zero-order valence-corrected chi connectivity index (χ0v) is 17.3. The van der Waals surface area contributed by atoms with Crippen LogP contribution in [0.1, 0.15) is 81.5 Å². The van der Waals surface area contributed by atoms with Crippen LogP contribution in [-0.4, -0.2) is 17.6 Å². The van der Waals surface area contributed by atoms with E-state index in [0.29, 0.717) is 18.4 Å². The maximum atomic E-state index is 12.0. The average molecular weight is 397 g/mol. The largest absolute Gasteiger partial charge is 0.326 e. The number of hydrogen-bond donors (Lipinski definition) is 2. The molecule has 1 aromatic rings. The van der Waals surface area contributed by atoms with E-state index in [9.17, 15) is 14.4 Å². The maximum absolute atomic E-state index is 12.0. The van der Waals surface area contributed by atoms with Crippen molar-refractivity contribution < 1.29 is 14.4 Å². The smallest absolute Gasteiger partial charge is 0.224 e. The van der Waals surface area contributed by atoms with Crippen LogP contribution in [0.2, 0.25) is 0 Å². The average Bonchev–Trinajstić information content (AvgIpc) is 2.71. The first-order valence-corrected chi connectivity index (χ1v) is 10.6. The summed E-state index contributed by atoms with van der Waals surface area (Å²) in [4.78, 5) is 35.1. The molecule has 1 aliphatic carbocycles. The number of nitrogens with one attached hydrogen (secondary N) is 2. The highest BCUT2D eigenvalue weighted by Crippen LogP contribution is 2.13. The molecule has 0 aromatic heterocycles. The molecule has 0 bridgehead atoms. The van der Waals surface area contributed by atoms with Crippen LogP contribution in [0, 0.1) is 0 Å². The Morgan fingerprint density at radius 1 is 0.793 bits per heavy atom. The summed E-state index contributed by atoms with van der Waals surface area (Å²) in [5.74, 6) is 0.112. The number of unbranched alkanes of at least 4 members (excludes halogenated alkanes) is 5. The van der Waals surface area contributed by atoms with Gasteiger partial charge in [-0.15, -0.1) is 0 Å². The molecule has 0 saturated heterocycles. The summed E-state index contributed by atoms with van der Waals surface area (Å²) >= 11 is 0. The third-order valence-electron chi connectivity index (χ3n) is 4.91. The molecule has 0 saturated carbocycles. The SMILES string of the molecule is CC(=O)c1ccc(NC(=O)CCCCCCCCC(=O)NC2=CCCC=C2)cc1. The lowest BCUT2D eigenvalue weighted by atomic mass is 10.1. The summed E-state index contributed by atoms with van der Waals surface area (Å²) in [5, 5.41) is 5.81. The first kappa shape index (κ1) is 22.6. The molecule has 0 unspecified atom stereocenters. The third-order valence-corrected chi connectivity index (χ3v) is 4.91. The van der Waals surface area contributed by atoms with Crippen molar-refractivity contribution in [3.8, 4) is 0 Å². The van der Waals surface area contributed by atoms with Gasteiger partial charge in [0.15, 0.2) is 5.78 Å². The predicted octanol–water partition coefficient (Wildman–Crippen LogP) is 5.30. The zero-order chi connectivity index (χ0) is 20.9. The highest BCUT2D eigenvalue weighted by Gasteiger charge is 2.05. The molecule has 0 atom stereocenters. The van der Waals surface area contributed by atoms with E-state index in [0.717, 1.165) is 62.8 Å². The second kappa shape index (κ2) is 12.7. The van der Waals surface area contributed by atoms with Crippen molar-refractivity contribution in [2.75, 3.05) is 5.32 Å². The first-order valence-electron chi connectivity index (χ1n) is 10.6. The lowest BCUT2D eigenvalue weighted by Gasteiger charge is -2.09. The molecule has 1 aliphatic rings. The summed E-state index contributed by atoms with van der Waals surface area (Å²) in [6.45, 7) is 1.52. The fourth-order valence-corrected chi connectivity index (χ4v) is 3.22. The minimum Gasteiger partial charge on any atom is -0.326 e. The van der Waals surface area contributed by atoms with Gasteiger partial charge in [-0.3, -0.25) is 14.4 Å². The van der Waals surface area contributed by atoms with Crippen LogP contribution < -0.4 is 10.6 Å². The van der Waals surface area contributed by atoms with Crippen molar-refractivity contribution in [1.82, 2.24) is 5.32 Å². The van der Waals surface area contributed by atoms with Gasteiger partial charge in [-0.2, -0.15) is 0 Å². The number of anilines is 1. The number of hydrogen-bond acceptors (Lipinski definition) is 3. The molecule has 29 heavy (non-hydrogen) atoms. The Bertz CT molecular complexity index is 748. The molecule has 1 aromatic carbocycles. The highest BCUT2D eigenvalue weighted by molar-refractivity contribution is 5.95. The van der Waals surface area contributed by atoms with Gasteiger partial charge in [-0.25, -0.2) is 0 Å². The standard InChI is InChI=1S/C24H32N2O3/c1-19(27)20-15-17-22(18-16-20)26-24(29)14-10-5-3-2-4-9-13-23(28)25-21-11-7-6-8-12-21/h7,11-12,15-18H,2-6,8-10,13-14H2,1H3,(H,25,28)(H,26,29). The topological polar surface area (TPSA) is 75.3 Å². The van der Waals surface area contributed by atoms with E-state index < -0.39 is 0 Å². The lowest BCUT2D eigenvalue weighted by Crippen LogP contribution is -2.21. The lowest BCUT2D eigenvalue weighted by molar-refractivity contribution is -0.120. The Morgan fingerprint density at radius 2 is 1.38 bits per heavy atom. The molecule has 2 N–H and O–H groups in total. The van der Waals surface area contributed by atoms with Crippen molar-refractivity contribution in [2.24, 2.45) is 0 Å². The molecular formula is C24H32N2O3.